The SMILES string of the molecule is Cc1ccc(C(CNC(=O)CCc2cccc(F)c2)N2CCOCC2)o1. The van der Waals surface area contributed by atoms with Crippen molar-refractivity contribution < 1.29 is 18.3 Å². The molecule has 0 spiro atoms. The molecule has 1 atom stereocenters. The molecular weight excluding hydrogens is 335 g/mol. The fourth-order valence-corrected chi connectivity index (χ4v) is 3.18. The van der Waals surface area contributed by atoms with E-state index >= 15 is 0 Å². The van der Waals surface area contributed by atoms with Gasteiger partial charge in [0.05, 0.1) is 19.3 Å². The van der Waals surface area contributed by atoms with Crippen LogP contribution in [0.5, 0.6) is 0 Å². The van der Waals surface area contributed by atoms with Gasteiger partial charge >= 0.3 is 0 Å². The first-order chi connectivity index (χ1) is 12.6. The minimum atomic E-state index is -0.275. The first kappa shape index (κ1) is 18.6. The zero-order valence-corrected chi connectivity index (χ0v) is 15.0. The molecule has 0 bridgehead atoms. The molecule has 3 rings (SSSR count). The van der Waals surface area contributed by atoms with E-state index in [1.165, 1.54) is 12.1 Å². The smallest absolute Gasteiger partial charge is 0.220 e. The van der Waals surface area contributed by atoms with E-state index in [-0.39, 0.29) is 17.8 Å². The van der Waals surface area contributed by atoms with Crippen LogP contribution in [0.15, 0.2) is 40.8 Å². The van der Waals surface area contributed by atoms with E-state index in [1.54, 1.807) is 6.07 Å². The number of benzene rings is 1. The van der Waals surface area contributed by atoms with E-state index in [1.807, 2.05) is 25.1 Å². The second-order valence-corrected chi connectivity index (χ2v) is 6.55. The molecule has 5 nitrogen and oxygen atoms in total. The Balaban J connectivity index is 1.55. The van der Waals surface area contributed by atoms with Gasteiger partial charge in [-0.3, -0.25) is 9.69 Å². The summed E-state index contributed by atoms with van der Waals surface area (Å²) in [6.07, 6.45) is 0.849. The molecule has 1 aliphatic rings. The number of morpholine rings is 1. The molecular formula is C20H25FN2O3. The summed E-state index contributed by atoms with van der Waals surface area (Å²) in [7, 11) is 0. The number of amides is 1. The fourth-order valence-electron chi connectivity index (χ4n) is 3.18. The molecule has 26 heavy (non-hydrogen) atoms. The zero-order chi connectivity index (χ0) is 18.4. The lowest BCUT2D eigenvalue weighted by atomic mass is 10.1. The largest absolute Gasteiger partial charge is 0.465 e. The second-order valence-electron chi connectivity index (χ2n) is 6.55. The van der Waals surface area contributed by atoms with Gasteiger partial charge in [0.15, 0.2) is 0 Å². The predicted molar refractivity (Wildman–Crippen MR) is 96.3 cm³/mol. The summed E-state index contributed by atoms with van der Waals surface area (Å²) < 4.78 is 24.4. The lowest BCUT2D eigenvalue weighted by Gasteiger charge is -2.33. The number of hydrogen-bond donors (Lipinski definition) is 1. The van der Waals surface area contributed by atoms with Gasteiger partial charge in [0.25, 0.3) is 0 Å². The third-order valence-electron chi connectivity index (χ3n) is 4.60. The van der Waals surface area contributed by atoms with Gasteiger partial charge in [0, 0.05) is 26.1 Å². The van der Waals surface area contributed by atoms with Crippen molar-refractivity contribution in [2.45, 2.75) is 25.8 Å². The third kappa shape index (κ3) is 5.16. The summed E-state index contributed by atoms with van der Waals surface area (Å²) in [6.45, 7) is 5.38. The van der Waals surface area contributed by atoms with Gasteiger partial charge < -0.3 is 14.5 Å². The average molecular weight is 360 g/mol. The Hall–Kier alpha value is -2.18. The van der Waals surface area contributed by atoms with Crippen LogP contribution in [0.25, 0.3) is 0 Å². The van der Waals surface area contributed by atoms with E-state index < -0.39 is 0 Å². The van der Waals surface area contributed by atoms with E-state index in [0.717, 1.165) is 30.2 Å². The Morgan fingerprint density at radius 2 is 2.08 bits per heavy atom. The third-order valence-corrected chi connectivity index (χ3v) is 4.60. The maximum Gasteiger partial charge on any atom is 0.220 e. The van der Waals surface area contributed by atoms with Crippen LogP contribution in [0.3, 0.4) is 0 Å². The Kier molecular flexibility index (Phi) is 6.41. The minimum absolute atomic E-state index is 0.00859. The van der Waals surface area contributed by atoms with Crippen LogP contribution >= 0.6 is 0 Å². The molecule has 0 radical (unpaired) electrons. The molecule has 1 fully saturated rings. The van der Waals surface area contributed by atoms with Crippen molar-refractivity contribution in [2.75, 3.05) is 32.8 Å². The lowest BCUT2D eigenvalue weighted by molar-refractivity contribution is -0.121. The topological polar surface area (TPSA) is 54.7 Å². The predicted octanol–water partition coefficient (Wildman–Crippen LogP) is 2.85. The summed E-state index contributed by atoms with van der Waals surface area (Å²) in [6, 6.07) is 10.3. The number of nitrogens with one attached hydrogen (secondary N) is 1. The Labute approximate surface area is 153 Å². The number of nitrogens with zero attached hydrogens (tertiary/aromatic N) is 1. The summed E-state index contributed by atoms with van der Waals surface area (Å²) in [5.74, 6) is 1.39. The Morgan fingerprint density at radius 3 is 2.77 bits per heavy atom. The van der Waals surface area contributed by atoms with Crippen LogP contribution in [0, 0.1) is 12.7 Å². The maximum atomic E-state index is 13.2. The van der Waals surface area contributed by atoms with E-state index in [0.29, 0.717) is 32.6 Å². The van der Waals surface area contributed by atoms with Crippen molar-refractivity contribution >= 4 is 5.91 Å². The number of hydrogen-bond acceptors (Lipinski definition) is 4. The van der Waals surface area contributed by atoms with Crippen molar-refractivity contribution in [3.8, 4) is 0 Å². The van der Waals surface area contributed by atoms with Crippen LogP contribution in [-0.4, -0.2) is 43.7 Å². The van der Waals surface area contributed by atoms with Gasteiger partial charge in [-0.1, -0.05) is 12.1 Å². The molecule has 0 saturated carbocycles. The monoisotopic (exact) mass is 360 g/mol. The van der Waals surface area contributed by atoms with Crippen LogP contribution < -0.4 is 5.32 Å². The van der Waals surface area contributed by atoms with E-state index in [2.05, 4.69) is 10.2 Å². The van der Waals surface area contributed by atoms with Gasteiger partial charge in [-0.2, -0.15) is 0 Å². The molecule has 1 aliphatic heterocycles. The molecule has 1 amide bonds. The maximum absolute atomic E-state index is 13.2. The minimum Gasteiger partial charge on any atom is -0.465 e. The highest BCUT2D eigenvalue weighted by atomic mass is 19.1. The highest BCUT2D eigenvalue weighted by molar-refractivity contribution is 5.76. The first-order valence-electron chi connectivity index (χ1n) is 9.01. The van der Waals surface area contributed by atoms with Gasteiger partial charge in [-0.25, -0.2) is 4.39 Å². The lowest BCUT2D eigenvalue weighted by Crippen LogP contribution is -2.43. The summed E-state index contributed by atoms with van der Waals surface area (Å²) >= 11 is 0. The summed E-state index contributed by atoms with van der Waals surface area (Å²) in [5, 5.41) is 3.00. The molecule has 1 N–H and O–H groups in total. The zero-order valence-electron chi connectivity index (χ0n) is 15.0. The van der Waals surface area contributed by atoms with Gasteiger partial charge in [-0.15, -0.1) is 0 Å². The molecule has 2 heterocycles. The van der Waals surface area contributed by atoms with Gasteiger partial charge in [-0.05, 0) is 43.2 Å². The van der Waals surface area contributed by atoms with Gasteiger partial charge in [0.2, 0.25) is 5.91 Å². The van der Waals surface area contributed by atoms with E-state index in [4.69, 9.17) is 9.15 Å². The number of carbonyl (C=O) groups is 1. The number of rotatable bonds is 7. The van der Waals surface area contributed by atoms with Crippen LogP contribution in [0.2, 0.25) is 0 Å². The molecule has 140 valence electrons. The Bertz CT molecular complexity index is 725. The number of ether oxygens (including phenoxy) is 1. The standard InChI is InChI=1S/C20H25FN2O3/c1-15-5-7-19(26-15)18(23-9-11-25-12-10-23)14-22-20(24)8-6-16-3-2-4-17(21)13-16/h2-5,7,13,18H,6,8-12,14H2,1H3,(H,22,24). The quantitative estimate of drug-likeness (QED) is 0.825. The highest BCUT2D eigenvalue weighted by Crippen LogP contribution is 2.23. The number of aryl methyl sites for hydroxylation is 2. The molecule has 1 saturated heterocycles. The van der Waals surface area contributed by atoms with Crippen molar-refractivity contribution in [1.29, 1.82) is 0 Å². The Morgan fingerprint density at radius 1 is 1.27 bits per heavy atom. The number of furan rings is 1. The molecule has 2 aromatic rings. The first-order valence-corrected chi connectivity index (χ1v) is 9.01. The van der Waals surface area contributed by atoms with Crippen molar-refractivity contribution in [3.05, 3.63) is 59.3 Å². The second kappa shape index (κ2) is 8.96. The van der Waals surface area contributed by atoms with Crippen molar-refractivity contribution in [1.82, 2.24) is 10.2 Å². The normalized spacial score (nSPS) is 16.4. The molecule has 1 aromatic carbocycles. The number of halogens is 1. The number of carbonyl (C=O) groups excluding carboxylic acids is 1. The summed E-state index contributed by atoms with van der Waals surface area (Å²) in [4.78, 5) is 14.5. The molecule has 6 heteroatoms. The fraction of sp³-hybridized carbons (Fsp3) is 0.450. The van der Waals surface area contributed by atoms with Crippen LogP contribution in [-0.2, 0) is 16.0 Å². The van der Waals surface area contributed by atoms with Crippen LogP contribution in [0.4, 0.5) is 4.39 Å². The average Bonchev–Trinajstić information content (AvgIpc) is 3.07. The molecule has 1 unspecified atom stereocenters. The van der Waals surface area contributed by atoms with Crippen molar-refractivity contribution in [2.24, 2.45) is 0 Å². The molecule has 0 aliphatic carbocycles. The van der Waals surface area contributed by atoms with E-state index in [9.17, 15) is 9.18 Å². The van der Waals surface area contributed by atoms with Crippen LogP contribution in [0.1, 0.15) is 29.5 Å². The summed E-state index contributed by atoms with van der Waals surface area (Å²) in [5.41, 5.74) is 0.825. The van der Waals surface area contributed by atoms with Gasteiger partial charge in [0.1, 0.15) is 17.3 Å². The molecule has 1 aromatic heterocycles. The van der Waals surface area contributed by atoms with Crippen molar-refractivity contribution in [3.63, 3.8) is 0 Å². The highest BCUT2D eigenvalue weighted by Gasteiger charge is 2.25.